The fourth-order valence-corrected chi connectivity index (χ4v) is 1.38. The van der Waals surface area contributed by atoms with Gasteiger partial charge in [-0.15, -0.1) is 0 Å². The van der Waals surface area contributed by atoms with E-state index in [9.17, 15) is 9.59 Å². The summed E-state index contributed by atoms with van der Waals surface area (Å²) >= 11 is 0. The van der Waals surface area contributed by atoms with Gasteiger partial charge in [0.05, 0.1) is 7.11 Å². The lowest BCUT2D eigenvalue weighted by Crippen LogP contribution is -2.23. The topological polar surface area (TPSA) is 52.6 Å². The average molecular weight is 256 g/mol. The summed E-state index contributed by atoms with van der Waals surface area (Å²) in [6.07, 6.45) is 2.25. The largest absolute Gasteiger partial charge is 0.466 e. The van der Waals surface area contributed by atoms with Crippen molar-refractivity contribution in [3.05, 3.63) is 11.6 Å². The maximum Gasteiger partial charge on any atom is 0.330 e. The van der Waals surface area contributed by atoms with Crippen LogP contribution in [0.2, 0.25) is 0 Å². The molecule has 4 heteroatoms. The van der Waals surface area contributed by atoms with Crippen LogP contribution in [0.5, 0.6) is 0 Å². The highest BCUT2D eigenvalue weighted by Crippen LogP contribution is 2.18. The molecule has 104 valence electrons. The molecule has 4 nitrogen and oxygen atoms in total. The predicted octanol–water partition coefficient (Wildman–Crippen LogP) is 2.86. The van der Waals surface area contributed by atoms with E-state index in [1.807, 2.05) is 34.6 Å². The first kappa shape index (κ1) is 16.7. The first-order valence-electron chi connectivity index (χ1n) is 6.16. The highest BCUT2D eigenvalue weighted by molar-refractivity contribution is 5.83. The average Bonchev–Trinajstić information content (AvgIpc) is 2.20. The molecule has 0 aromatic rings. The van der Waals surface area contributed by atoms with Crippen LogP contribution in [0.3, 0.4) is 0 Å². The van der Waals surface area contributed by atoms with Crippen molar-refractivity contribution in [2.75, 3.05) is 7.11 Å². The van der Waals surface area contributed by atoms with E-state index in [4.69, 9.17) is 4.74 Å². The van der Waals surface area contributed by atoms with Gasteiger partial charge in [-0.25, -0.2) is 4.79 Å². The number of methoxy groups -OCH3 is 1. The van der Waals surface area contributed by atoms with Crippen molar-refractivity contribution in [3.8, 4) is 0 Å². The van der Waals surface area contributed by atoms with Gasteiger partial charge in [0.15, 0.2) is 0 Å². The number of rotatable bonds is 5. The van der Waals surface area contributed by atoms with Gasteiger partial charge in [-0.2, -0.15) is 0 Å². The molecule has 0 bridgehead atoms. The van der Waals surface area contributed by atoms with Crippen LogP contribution in [-0.2, 0) is 19.1 Å². The Labute approximate surface area is 109 Å². The molecule has 0 rings (SSSR count). The zero-order chi connectivity index (χ0) is 14.3. The number of carbonyl (C=O) groups excluding carboxylic acids is 2. The summed E-state index contributed by atoms with van der Waals surface area (Å²) in [6.45, 7) is 9.45. The molecule has 0 saturated heterocycles. The van der Waals surface area contributed by atoms with Crippen LogP contribution in [-0.4, -0.2) is 24.6 Å². The van der Waals surface area contributed by atoms with Gasteiger partial charge < -0.3 is 9.47 Å². The monoisotopic (exact) mass is 256 g/mol. The van der Waals surface area contributed by atoms with Crippen LogP contribution in [0.15, 0.2) is 11.6 Å². The number of hydrogen-bond donors (Lipinski definition) is 0. The van der Waals surface area contributed by atoms with E-state index >= 15 is 0 Å². The highest BCUT2D eigenvalue weighted by Gasteiger charge is 2.17. The maximum absolute atomic E-state index is 11.6. The third kappa shape index (κ3) is 7.87. The van der Waals surface area contributed by atoms with Crippen molar-refractivity contribution in [1.82, 2.24) is 0 Å². The van der Waals surface area contributed by atoms with Crippen molar-refractivity contribution in [2.24, 2.45) is 5.92 Å². The standard InChI is InChI=1S/C14H24O4/c1-10(2)11(9-13(16)17-6)7-8-12(15)18-14(3,4)5/h9-10H,7-8H2,1-6H3/b11-9+. The fraction of sp³-hybridized carbons (Fsp3) is 0.714. The molecule has 0 aliphatic rings. The first-order valence-corrected chi connectivity index (χ1v) is 6.16. The molecule has 0 spiro atoms. The Morgan fingerprint density at radius 2 is 1.72 bits per heavy atom. The van der Waals surface area contributed by atoms with Crippen LogP contribution < -0.4 is 0 Å². The number of hydrogen-bond acceptors (Lipinski definition) is 4. The summed E-state index contributed by atoms with van der Waals surface area (Å²) in [5.74, 6) is -0.437. The van der Waals surface area contributed by atoms with E-state index in [2.05, 4.69) is 4.74 Å². The van der Waals surface area contributed by atoms with Crippen molar-refractivity contribution < 1.29 is 19.1 Å². The molecule has 0 N–H and O–H groups in total. The number of ether oxygens (including phenoxy) is 2. The van der Waals surface area contributed by atoms with Gasteiger partial charge >= 0.3 is 11.9 Å². The van der Waals surface area contributed by atoms with Crippen LogP contribution in [0.25, 0.3) is 0 Å². The van der Waals surface area contributed by atoms with Crippen LogP contribution in [0, 0.1) is 5.92 Å². The Morgan fingerprint density at radius 1 is 1.17 bits per heavy atom. The van der Waals surface area contributed by atoms with E-state index in [0.29, 0.717) is 6.42 Å². The Hall–Kier alpha value is -1.32. The lowest BCUT2D eigenvalue weighted by Gasteiger charge is -2.20. The van der Waals surface area contributed by atoms with E-state index in [0.717, 1.165) is 5.57 Å². The summed E-state index contributed by atoms with van der Waals surface area (Å²) < 4.78 is 9.80. The molecule has 0 aliphatic carbocycles. The predicted molar refractivity (Wildman–Crippen MR) is 70.0 cm³/mol. The smallest absolute Gasteiger partial charge is 0.330 e. The van der Waals surface area contributed by atoms with Gasteiger partial charge in [-0.1, -0.05) is 19.4 Å². The van der Waals surface area contributed by atoms with E-state index in [1.54, 1.807) is 0 Å². The van der Waals surface area contributed by atoms with Crippen molar-refractivity contribution >= 4 is 11.9 Å². The second-order valence-electron chi connectivity index (χ2n) is 5.48. The molecule has 0 heterocycles. The van der Waals surface area contributed by atoms with Crippen LogP contribution >= 0.6 is 0 Å². The van der Waals surface area contributed by atoms with Crippen LogP contribution in [0.4, 0.5) is 0 Å². The molecule has 0 aromatic heterocycles. The van der Waals surface area contributed by atoms with Gasteiger partial charge in [-0.05, 0) is 33.1 Å². The second-order valence-corrected chi connectivity index (χ2v) is 5.48. The lowest BCUT2D eigenvalue weighted by molar-refractivity contribution is -0.154. The van der Waals surface area contributed by atoms with Crippen molar-refractivity contribution in [1.29, 1.82) is 0 Å². The first-order chi connectivity index (χ1) is 8.15. The van der Waals surface area contributed by atoms with Gasteiger partial charge in [-0.3, -0.25) is 4.79 Å². The normalized spacial score (nSPS) is 12.5. The minimum absolute atomic E-state index is 0.200. The number of allylic oxidation sites excluding steroid dienone is 1. The lowest BCUT2D eigenvalue weighted by atomic mass is 9.98. The zero-order valence-corrected chi connectivity index (χ0v) is 12.2. The number of esters is 2. The summed E-state index contributed by atoms with van der Waals surface area (Å²) in [4.78, 5) is 22.8. The van der Waals surface area contributed by atoms with Gasteiger partial charge in [0.2, 0.25) is 0 Å². The molecule has 18 heavy (non-hydrogen) atoms. The molecular weight excluding hydrogens is 232 g/mol. The molecule has 0 saturated carbocycles. The van der Waals surface area contributed by atoms with E-state index in [-0.39, 0.29) is 24.3 Å². The maximum atomic E-state index is 11.6. The quantitative estimate of drug-likeness (QED) is 0.560. The SMILES string of the molecule is COC(=O)/C=C(\CCC(=O)OC(C)(C)C)C(C)C. The molecule has 0 radical (unpaired) electrons. The van der Waals surface area contributed by atoms with Crippen molar-refractivity contribution in [3.63, 3.8) is 0 Å². The third-order valence-electron chi connectivity index (χ3n) is 2.28. The third-order valence-corrected chi connectivity index (χ3v) is 2.28. The summed E-state index contributed by atoms with van der Waals surface area (Å²) in [5, 5.41) is 0. The molecule has 0 fully saturated rings. The zero-order valence-electron chi connectivity index (χ0n) is 12.2. The molecule has 0 aromatic carbocycles. The molecule has 0 atom stereocenters. The summed E-state index contributed by atoms with van der Waals surface area (Å²) in [7, 11) is 1.34. The Morgan fingerprint density at radius 3 is 2.11 bits per heavy atom. The molecular formula is C14H24O4. The highest BCUT2D eigenvalue weighted by atomic mass is 16.6. The van der Waals surface area contributed by atoms with E-state index in [1.165, 1.54) is 13.2 Å². The minimum Gasteiger partial charge on any atom is -0.466 e. The second kappa shape index (κ2) is 7.19. The molecule has 0 unspecified atom stereocenters. The molecule has 0 amide bonds. The van der Waals surface area contributed by atoms with E-state index < -0.39 is 5.60 Å². The Bertz CT molecular complexity index is 321. The van der Waals surface area contributed by atoms with Crippen molar-refractivity contribution in [2.45, 2.75) is 53.1 Å². The fourth-order valence-electron chi connectivity index (χ4n) is 1.38. The van der Waals surface area contributed by atoms with Gasteiger partial charge in [0.1, 0.15) is 5.60 Å². The Kier molecular flexibility index (Phi) is 6.66. The summed E-state index contributed by atoms with van der Waals surface area (Å²) in [5.41, 5.74) is 0.425. The summed E-state index contributed by atoms with van der Waals surface area (Å²) in [6, 6.07) is 0. The van der Waals surface area contributed by atoms with Crippen LogP contribution in [0.1, 0.15) is 47.5 Å². The Balaban J connectivity index is 4.42. The number of carbonyl (C=O) groups is 2. The van der Waals surface area contributed by atoms with Gasteiger partial charge in [0, 0.05) is 12.5 Å². The minimum atomic E-state index is -0.471. The van der Waals surface area contributed by atoms with Gasteiger partial charge in [0.25, 0.3) is 0 Å². The molecule has 0 aliphatic heterocycles.